The van der Waals surface area contributed by atoms with Crippen molar-refractivity contribution < 1.29 is 9.18 Å². The van der Waals surface area contributed by atoms with Crippen LogP contribution in [-0.4, -0.2) is 5.78 Å². The molecule has 1 N–H and O–H groups in total. The summed E-state index contributed by atoms with van der Waals surface area (Å²) in [5, 5.41) is 3.11. The second kappa shape index (κ2) is 6.68. The van der Waals surface area contributed by atoms with Crippen molar-refractivity contribution in [3.8, 4) is 0 Å². The van der Waals surface area contributed by atoms with Crippen LogP contribution >= 0.6 is 27.5 Å². The number of anilines is 1. The number of hydrogen-bond acceptors (Lipinski definition) is 2. The summed E-state index contributed by atoms with van der Waals surface area (Å²) >= 11 is 9.06. The van der Waals surface area contributed by atoms with Gasteiger partial charge in [0.15, 0.2) is 5.78 Å². The highest BCUT2D eigenvalue weighted by atomic mass is 79.9. The van der Waals surface area contributed by atoms with Gasteiger partial charge in [0.1, 0.15) is 5.82 Å². The van der Waals surface area contributed by atoms with Crippen molar-refractivity contribution in [1.29, 1.82) is 0 Å². The Morgan fingerprint density at radius 1 is 1.20 bits per heavy atom. The Morgan fingerprint density at radius 3 is 2.60 bits per heavy atom. The largest absolute Gasteiger partial charge is 0.359 e. The van der Waals surface area contributed by atoms with Gasteiger partial charge in [-0.3, -0.25) is 4.79 Å². The van der Waals surface area contributed by atoms with Gasteiger partial charge in [-0.1, -0.05) is 27.5 Å². The fourth-order valence-electron chi connectivity index (χ4n) is 1.53. The highest BCUT2D eigenvalue weighted by molar-refractivity contribution is 9.10. The molecule has 2 aromatic rings. The highest BCUT2D eigenvalue weighted by Gasteiger charge is 2.02. The fraction of sp³-hybridized carbons (Fsp3) is 0. The van der Waals surface area contributed by atoms with E-state index >= 15 is 0 Å². The number of allylic oxidation sites excluding steroid dienone is 1. The lowest BCUT2D eigenvalue weighted by atomic mass is 10.1. The lowest BCUT2D eigenvalue weighted by molar-refractivity contribution is 0.104. The number of benzene rings is 2. The molecule has 0 saturated carbocycles. The lowest BCUT2D eigenvalue weighted by Gasteiger charge is -2.02. The van der Waals surface area contributed by atoms with E-state index in [-0.39, 0.29) is 11.5 Å². The molecule has 0 spiro atoms. The molecule has 0 aromatic heterocycles. The summed E-state index contributed by atoms with van der Waals surface area (Å²) in [4.78, 5) is 11.8. The van der Waals surface area contributed by atoms with Gasteiger partial charge in [-0.25, -0.2) is 4.39 Å². The monoisotopic (exact) mass is 353 g/mol. The number of rotatable bonds is 4. The molecule has 0 heterocycles. The van der Waals surface area contributed by atoms with E-state index in [0.29, 0.717) is 10.6 Å². The van der Waals surface area contributed by atoms with Gasteiger partial charge in [0, 0.05) is 27.3 Å². The van der Waals surface area contributed by atoms with E-state index in [1.54, 1.807) is 24.3 Å². The minimum absolute atomic E-state index is 0.174. The molecule has 5 heteroatoms. The maximum atomic E-state index is 13.4. The summed E-state index contributed by atoms with van der Waals surface area (Å²) in [5.74, 6) is -0.609. The molecule has 0 unspecified atom stereocenters. The first-order valence-electron chi connectivity index (χ1n) is 5.74. The average Bonchev–Trinajstić information content (AvgIpc) is 2.43. The number of hydrogen-bond donors (Lipinski definition) is 1. The topological polar surface area (TPSA) is 29.1 Å². The minimum Gasteiger partial charge on any atom is -0.359 e. The molecule has 0 aliphatic carbocycles. The summed E-state index contributed by atoms with van der Waals surface area (Å²) in [6, 6.07) is 11.1. The van der Waals surface area contributed by atoms with Crippen LogP contribution in [0.25, 0.3) is 0 Å². The van der Waals surface area contributed by atoms with E-state index in [1.807, 2.05) is 0 Å². The standard InChI is InChI=1S/C15H10BrClFNO/c16-11-3-1-10(2-4-11)15(20)7-8-19-14-9-12(17)5-6-13(14)18/h1-9,19H. The van der Waals surface area contributed by atoms with Gasteiger partial charge in [0.25, 0.3) is 0 Å². The SMILES string of the molecule is O=C(C=CNc1cc(Cl)ccc1F)c1ccc(Br)cc1. The third kappa shape index (κ3) is 3.92. The second-order valence-corrected chi connectivity index (χ2v) is 5.33. The van der Waals surface area contributed by atoms with Gasteiger partial charge >= 0.3 is 0 Å². The number of nitrogens with one attached hydrogen (secondary N) is 1. The molecule has 0 saturated heterocycles. The first-order valence-corrected chi connectivity index (χ1v) is 6.91. The van der Waals surface area contributed by atoms with Crippen molar-refractivity contribution >= 4 is 39.0 Å². The van der Waals surface area contributed by atoms with Crippen molar-refractivity contribution in [2.45, 2.75) is 0 Å². The number of halogens is 3. The smallest absolute Gasteiger partial charge is 0.187 e. The quantitative estimate of drug-likeness (QED) is 0.615. The van der Waals surface area contributed by atoms with E-state index in [4.69, 9.17) is 11.6 Å². The Kier molecular flexibility index (Phi) is 4.93. The molecule has 0 fully saturated rings. The predicted octanol–water partition coefficient (Wildman–Crippen LogP) is 5.05. The molecular weight excluding hydrogens is 345 g/mol. The molecule has 2 rings (SSSR count). The van der Waals surface area contributed by atoms with E-state index in [9.17, 15) is 9.18 Å². The Morgan fingerprint density at radius 2 is 1.90 bits per heavy atom. The first-order chi connectivity index (χ1) is 9.56. The van der Waals surface area contributed by atoms with Crippen molar-refractivity contribution in [3.05, 3.63) is 75.6 Å². The molecule has 0 bridgehead atoms. The minimum atomic E-state index is -0.435. The van der Waals surface area contributed by atoms with Crippen LogP contribution in [0.3, 0.4) is 0 Å². The summed E-state index contributed by atoms with van der Waals surface area (Å²) in [6.07, 6.45) is 2.72. The van der Waals surface area contributed by atoms with Gasteiger partial charge in [-0.05, 0) is 42.5 Å². The van der Waals surface area contributed by atoms with Gasteiger partial charge in [-0.2, -0.15) is 0 Å². The molecule has 0 aliphatic rings. The molecule has 2 nitrogen and oxygen atoms in total. The van der Waals surface area contributed by atoms with Crippen LogP contribution in [0.2, 0.25) is 5.02 Å². The van der Waals surface area contributed by atoms with Gasteiger partial charge < -0.3 is 5.32 Å². The third-order valence-corrected chi connectivity index (χ3v) is 3.29. The van der Waals surface area contributed by atoms with Crippen LogP contribution in [0.4, 0.5) is 10.1 Å². The van der Waals surface area contributed by atoms with Crippen molar-refractivity contribution in [3.63, 3.8) is 0 Å². The lowest BCUT2D eigenvalue weighted by Crippen LogP contribution is -1.97. The molecule has 0 amide bonds. The van der Waals surface area contributed by atoms with Crippen molar-refractivity contribution in [1.82, 2.24) is 0 Å². The summed E-state index contributed by atoms with van der Waals surface area (Å²) in [5.41, 5.74) is 0.773. The Bertz CT molecular complexity index is 655. The summed E-state index contributed by atoms with van der Waals surface area (Å²) < 4.78 is 14.3. The molecule has 0 aliphatic heterocycles. The molecular formula is C15H10BrClFNO. The maximum Gasteiger partial charge on any atom is 0.187 e. The third-order valence-electron chi connectivity index (χ3n) is 2.53. The van der Waals surface area contributed by atoms with Gasteiger partial charge in [0.05, 0.1) is 5.69 Å². The molecule has 20 heavy (non-hydrogen) atoms. The zero-order valence-electron chi connectivity index (χ0n) is 10.2. The Labute approximate surface area is 129 Å². The summed E-state index contributed by atoms with van der Waals surface area (Å²) in [7, 11) is 0. The average molecular weight is 355 g/mol. The van der Waals surface area contributed by atoms with Gasteiger partial charge in [-0.15, -0.1) is 0 Å². The van der Waals surface area contributed by atoms with Crippen LogP contribution in [-0.2, 0) is 0 Å². The Hall–Kier alpha value is -1.65. The molecule has 0 atom stereocenters. The second-order valence-electron chi connectivity index (χ2n) is 3.97. The highest BCUT2D eigenvalue weighted by Crippen LogP contribution is 2.19. The van der Waals surface area contributed by atoms with Crippen LogP contribution in [0.5, 0.6) is 0 Å². The molecule has 2 aromatic carbocycles. The van der Waals surface area contributed by atoms with Gasteiger partial charge in [0.2, 0.25) is 0 Å². The van der Waals surface area contributed by atoms with Crippen molar-refractivity contribution in [2.24, 2.45) is 0 Å². The van der Waals surface area contributed by atoms with Crippen LogP contribution in [0, 0.1) is 5.82 Å². The number of carbonyl (C=O) groups excluding carboxylic acids is 1. The molecule has 0 radical (unpaired) electrons. The number of ketones is 1. The maximum absolute atomic E-state index is 13.4. The van der Waals surface area contributed by atoms with Crippen molar-refractivity contribution in [2.75, 3.05) is 5.32 Å². The van der Waals surface area contributed by atoms with Crippen LogP contribution in [0.1, 0.15) is 10.4 Å². The van der Waals surface area contributed by atoms with Crippen LogP contribution < -0.4 is 5.32 Å². The van der Waals surface area contributed by atoms with E-state index in [0.717, 1.165) is 4.47 Å². The number of carbonyl (C=O) groups is 1. The summed E-state index contributed by atoms with van der Waals surface area (Å²) in [6.45, 7) is 0. The first kappa shape index (κ1) is 14.8. The predicted molar refractivity (Wildman–Crippen MR) is 82.6 cm³/mol. The molecule has 102 valence electrons. The fourth-order valence-corrected chi connectivity index (χ4v) is 1.96. The Balaban J connectivity index is 2.04. The zero-order chi connectivity index (χ0) is 14.5. The van der Waals surface area contributed by atoms with E-state index in [1.165, 1.54) is 30.5 Å². The van der Waals surface area contributed by atoms with Crippen LogP contribution in [0.15, 0.2) is 59.2 Å². The van der Waals surface area contributed by atoms with E-state index < -0.39 is 5.82 Å². The zero-order valence-corrected chi connectivity index (χ0v) is 12.6. The van der Waals surface area contributed by atoms with E-state index in [2.05, 4.69) is 21.2 Å². The normalized spacial score (nSPS) is 10.8.